The zero-order valence-electron chi connectivity index (χ0n) is 9.52. The topological polar surface area (TPSA) is 34.0 Å². The highest BCUT2D eigenvalue weighted by molar-refractivity contribution is 7.99. The first-order valence-corrected chi connectivity index (χ1v) is 5.52. The Hall–Kier alpha value is -1.03. The molecule has 0 fully saturated rings. The summed E-state index contributed by atoms with van der Waals surface area (Å²) < 4.78 is 9.23. The Morgan fingerprint density at radius 2 is 1.73 bits per heavy atom. The van der Waals surface area contributed by atoms with Crippen LogP contribution >= 0.6 is 11.9 Å². The highest BCUT2D eigenvalue weighted by Crippen LogP contribution is 2.26. The fraction of sp³-hybridized carbons (Fsp3) is 0.455. The van der Waals surface area contributed by atoms with Crippen LogP contribution in [0.2, 0.25) is 0 Å². The van der Waals surface area contributed by atoms with Crippen molar-refractivity contribution in [3.8, 4) is 5.75 Å². The van der Waals surface area contributed by atoms with Gasteiger partial charge in [0.2, 0.25) is 0 Å². The van der Waals surface area contributed by atoms with Gasteiger partial charge < -0.3 is 4.74 Å². The zero-order valence-corrected chi connectivity index (χ0v) is 10.3. The second kappa shape index (κ2) is 5.16. The Balaban J connectivity index is 2.57. The van der Waals surface area contributed by atoms with Crippen molar-refractivity contribution in [3.05, 3.63) is 24.3 Å². The van der Waals surface area contributed by atoms with E-state index in [1.165, 1.54) is 11.9 Å². The van der Waals surface area contributed by atoms with Crippen LogP contribution in [0.4, 0.5) is 5.69 Å². The lowest BCUT2D eigenvalue weighted by molar-refractivity contribution is 0.415. The van der Waals surface area contributed by atoms with Gasteiger partial charge in [0.25, 0.3) is 0 Å². The lowest BCUT2D eigenvalue weighted by Gasteiger charge is -2.10. The number of hydrogen-bond acceptors (Lipinski definition) is 4. The molecular formula is C11H16N2OS. The number of benzene rings is 1. The van der Waals surface area contributed by atoms with Gasteiger partial charge in [-0.1, -0.05) is 0 Å². The molecule has 0 amide bonds. The second-order valence-electron chi connectivity index (χ2n) is 4.08. The van der Waals surface area contributed by atoms with Gasteiger partial charge in [-0.15, -0.1) is 9.63 Å². The Bertz CT molecular complexity index is 327. The summed E-state index contributed by atoms with van der Waals surface area (Å²) in [5.41, 5.74) is 0.840. The van der Waals surface area contributed by atoms with E-state index in [0.717, 1.165) is 11.4 Å². The molecule has 4 heteroatoms. The first kappa shape index (κ1) is 12.0. The van der Waals surface area contributed by atoms with Gasteiger partial charge in [0.1, 0.15) is 5.75 Å². The van der Waals surface area contributed by atoms with E-state index in [0.29, 0.717) is 0 Å². The molecule has 0 radical (unpaired) electrons. The maximum atomic E-state index is 5.05. The molecule has 0 aliphatic rings. The number of rotatable bonds is 3. The highest BCUT2D eigenvalue weighted by Gasteiger charge is 2.09. The van der Waals surface area contributed by atoms with Crippen molar-refractivity contribution < 1.29 is 4.74 Å². The maximum Gasteiger partial charge on any atom is 0.119 e. The van der Waals surface area contributed by atoms with Crippen LogP contribution in [0.15, 0.2) is 33.9 Å². The average molecular weight is 224 g/mol. The van der Waals surface area contributed by atoms with Crippen molar-refractivity contribution in [1.29, 1.82) is 0 Å². The van der Waals surface area contributed by atoms with E-state index in [1.54, 1.807) is 7.11 Å². The van der Waals surface area contributed by atoms with Gasteiger partial charge in [-0.05, 0) is 45.0 Å². The van der Waals surface area contributed by atoms with Gasteiger partial charge in [-0.3, -0.25) is 0 Å². The molecule has 0 spiro atoms. The van der Waals surface area contributed by atoms with Crippen LogP contribution in [-0.2, 0) is 0 Å². The van der Waals surface area contributed by atoms with Crippen LogP contribution in [0.1, 0.15) is 20.8 Å². The molecule has 0 aliphatic carbocycles. The molecule has 0 aromatic heterocycles. The van der Waals surface area contributed by atoms with Gasteiger partial charge in [-0.25, -0.2) is 0 Å². The number of nitrogens with zero attached hydrogens (tertiary/aromatic N) is 2. The molecule has 0 unspecified atom stereocenters. The normalized spacial score (nSPS) is 12.0. The summed E-state index contributed by atoms with van der Waals surface area (Å²) in [5.74, 6) is 0.831. The Labute approximate surface area is 95.1 Å². The third kappa shape index (κ3) is 4.83. The third-order valence-electron chi connectivity index (χ3n) is 1.54. The minimum atomic E-state index is 0.107. The second-order valence-corrected chi connectivity index (χ2v) is 5.65. The van der Waals surface area contributed by atoms with Crippen LogP contribution in [-0.4, -0.2) is 11.9 Å². The Morgan fingerprint density at radius 3 is 2.20 bits per heavy atom. The summed E-state index contributed by atoms with van der Waals surface area (Å²) in [5, 5.41) is 4.10. The first-order valence-electron chi connectivity index (χ1n) is 4.74. The van der Waals surface area contributed by atoms with Gasteiger partial charge in [0, 0.05) is 16.7 Å². The molecule has 1 aromatic carbocycles. The van der Waals surface area contributed by atoms with E-state index in [2.05, 4.69) is 30.4 Å². The third-order valence-corrected chi connectivity index (χ3v) is 2.25. The van der Waals surface area contributed by atoms with Gasteiger partial charge in [0.15, 0.2) is 0 Å². The van der Waals surface area contributed by atoms with Crippen molar-refractivity contribution in [2.24, 2.45) is 9.63 Å². The van der Waals surface area contributed by atoms with Crippen LogP contribution in [0.5, 0.6) is 5.75 Å². The molecule has 0 heterocycles. The summed E-state index contributed by atoms with van der Waals surface area (Å²) in [4.78, 5) is 0. The molecule has 1 aromatic rings. The largest absolute Gasteiger partial charge is 0.497 e. The van der Waals surface area contributed by atoms with Crippen LogP contribution in [0.25, 0.3) is 0 Å². The van der Waals surface area contributed by atoms with Crippen LogP contribution in [0, 0.1) is 0 Å². The lowest BCUT2D eigenvalue weighted by Crippen LogP contribution is -2.04. The SMILES string of the molecule is COc1ccc(N=NSC(C)(C)C)cc1. The summed E-state index contributed by atoms with van der Waals surface area (Å²) in [7, 11) is 1.64. The summed E-state index contributed by atoms with van der Waals surface area (Å²) in [6.45, 7) is 6.31. The van der Waals surface area contributed by atoms with Gasteiger partial charge in [0.05, 0.1) is 12.8 Å². The molecule has 82 valence electrons. The minimum absolute atomic E-state index is 0.107. The maximum absolute atomic E-state index is 5.05. The molecule has 3 nitrogen and oxygen atoms in total. The average Bonchev–Trinajstić information content (AvgIpc) is 2.17. The standard InChI is InChI=1S/C11H16N2OS/c1-11(2,3)15-13-12-9-5-7-10(14-4)8-6-9/h5-8H,1-4H3. The van der Waals surface area contributed by atoms with E-state index in [4.69, 9.17) is 4.74 Å². The fourth-order valence-corrected chi connectivity index (χ4v) is 1.22. The lowest BCUT2D eigenvalue weighted by atomic mass is 10.3. The van der Waals surface area contributed by atoms with E-state index in [9.17, 15) is 0 Å². The zero-order chi connectivity index (χ0) is 11.3. The molecular weight excluding hydrogens is 208 g/mol. The number of hydrogen-bond donors (Lipinski definition) is 0. The van der Waals surface area contributed by atoms with E-state index in [1.807, 2.05) is 24.3 Å². The number of methoxy groups -OCH3 is 1. The summed E-state index contributed by atoms with van der Waals surface area (Å²) in [6.07, 6.45) is 0. The Morgan fingerprint density at radius 1 is 1.13 bits per heavy atom. The van der Waals surface area contributed by atoms with Crippen LogP contribution in [0.3, 0.4) is 0 Å². The summed E-state index contributed by atoms with van der Waals surface area (Å²) in [6, 6.07) is 7.50. The molecule has 15 heavy (non-hydrogen) atoms. The van der Waals surface area contributed by atoms with Gasteiger partial charge >= 0.3 is 0 Å². The van der Waals surface area contributed by atoms with Crippen molar-refractivity contribution in [2.75, 3.05) is 7.11 Å². The predicted molar refractivity (Wildman–Crippen MR) is 64.9 cm³/mol. The van der Waals surface area contributed by atoms with E-state index in [-0.39, 0.29) is 4.75 Å². The minimum Gasteiger partial charge on any atom is -0.497 e. The van der Waals surface area contributed by atoms with Crippen LogP contribution < -0.4 is 4.74 Å². The highest BCUT2D eigenvalue weighted by atomic mass is 32.2. The first-order chi connectivity index (χ1) is 7.01. The van der Waals surface area contributed by atoms with Crippen molar-refractivity contribution in [1.82, 2.24) is 0 Å². The van der Waals surface area contributed by atoms with Crippen molar-refractivity contribution in [3.63, 3.8) is 0 Å². The molecule has 0 bridgehead atoms. The van der Waals surface area contributed by atoms with E-state index < -0.39 is 0 Å². The quantitative estimate of drug-likeness (QED) is 0.569. The fourth-order valence-electron chi connectivity index (χ4n) is 0.839. The molecule has 0 aliphatic heterocycles. The predicted octanol–water partition coefficient (Wildman–Crippen LogP) is 4.23. The monoisotopic (exact) mass is 224 g/mol. The van der Waals surface area contributed by atoms with Crippen molar-refractivity contribution >= 4 is 17.6 Å². The molecule has 0 N–H and O–H groups in total. The Kier molecular flexibility index (Phi) is 4.15. The summed E-state index contributed by atoms with van der Waals surface area (Å²) >= 11 is 1.47. The van der Waals surface area contributed by atoms with Gasteiger partial charge in [-0.2, -0.15) is 0 Å². The number of ether oxygens (including phenoxy) is 1. The van der Waals surface area contributed by atoms with E-state index >= 15 is 0 Å². The molecule has 1 rings (SSSR count). The smallest absolute Gasteiger partial charge is 0.119 e. The van der Waals surface area contributed by atoms with Crippen molar-refractivity contribution in [2.45, 2.75) is 25.5 Å². The molecule has 0 atom stereocenters. The molecule has 0 saturated carbocycles. The molecule has 0 saturated heterocycles.